The third-order valence-corrected chi connectivity index (χ3v) is 5.02. The summed E-state index contributed by atoms with van der Waals surface area (Å²) in [7, 11) is 4.03. The van der Waals surface area contributed by atoms with Crippen LogP contribution in [0.3, 0.4) is 0 Å². The van der Waals surface area contributed by atoms with Crippen LogP contribution < -0.4 is 10.6 Å². The molecule has 6 heteroatoms. The Morgan fingerprint density at radius 3 is 2.45 bits per heavy atom. The normalized spacial score (nSPS) is 14.2. The van der Waals surface area contributed by atoms with E-state index in [0.717, 1.165) is 23.4 Å². The predicted octanol–water partition coefficient (Wildman–Crippen LogP) is 4.38. The maximum atomic E-state index is 13.0. The van der Waals surface area contributed by atoms with E-state index in [4.69, 9.17) is 0 Å². The number of anilines is 2. The lowest BCUT2D eigenvalue weighted by Crippen LogP contribution is -2.12. The summed E-state index contributed by atoms with van der Waals surface area (Å²) in [5.41, 5.74) is 5.33. The third kappa shape index (κ3) is 4.34. The van der Waals surface area contributed by atoms with E-state index in [1.807, 2.05) is 56.6 Å². The second-order valence-electron chi connectivity index (χ2n) is 7.70. The van der Waals surface area contributed by atoms with E-state index in [0.29, 0.717) is 22.5 Å². The van der Waals surface area contributed by atoms with Gasteiger partial charge in [0.15, 0.2) is 0 Å². The highest BCUT2D eigenvalue weighted by atomic mass is 16.4. The molecule has 3 aromatic carbocycles. The van der Waals surface area contributed by atoms with Gasteiger partial charge in [0, 0.05) is 17.8 Å². The molecule has 0 aromatic heterocycles. The topological polar surface area (TPSA) is 81.7 Å². The predicted molar refractivity (Wildman–Crippen MR) is 123 cm³/mol. The van der Waals surface area contributed by atoms with Crippen molar-refractivity contribution in [3.8, 4) is 0 Å². The first-order valence-electron chi connectivity index (χ1n) is 9.92. The van der Waals surface area contributed by atoms with Crippen molar-refractivity contribution in [3.05, 3.63) is 95.1 Å². The van der Waals surface area contributed by atoms with Gasteiger partial charge in [-0.25, -0.2) is 4.79 Å². The largest absolute Gasteiger partial charge is 0.478 e. The van der Waals surface area contributed by atoms with Gasteiger partial charge >= 0.3 is 5.97 Å². The number of rotatable bonds is 6. The van der Waals surface area contributed by atoms with Crippen molar-refractivity contribution >= 4 is 34.5 Å². The van der Waals surface area contributed by atoms with Crippen molar-refractivity contribution in [2.45, 2.75) is 6.54 Å². The maximum Gasteiger partial charge on any atom is 0.335 e. The summed E-state index contributed by atoms with van der Waals surface area (Å²) >= 11 is 0. The first kappa shape index (κ1) is 20.4. The number of fused-ring (bicyclic) bond motifs is 1. The van der Waals surface area contributed by atoms with Crippen LogP contribution >= 0.6 is 0 Å². The first-order valence-corrected chi connectivity index (χ1v) is 9.92. The second kappa shape index (κ2) is 8.45. The van der Waals surface area contributed by atoms with E-state index in [1.165, 1.54) is 12.1 Å². The molecule has 31 heavy (non-hydrogen) atoms. The molecule has 1 amide bonds. The molecule has 0 spiro atoms. The lowest BCUT2D eigenvalue weighted by Gasteiger charge is -2.16. The fourth-order valence-electron chi connectivity index (χ4n) is 3.69. The summed E-state index contributed by atoms with van der Waals surface area (Å²) in [6, 6.07) is 22.4. The fourth-order valence-corrected chi connectivity index (χ4v) is 3.69. The van der Waals surface area contributed by atoms with Crippen LogP contribution in [0.4, 0.5) is 11.4 Å². The van der Waals surface area contributed by atoms with Crippen LogP contribution in [-0.4, -0.2) is 36.0 Å². The van der Waals surface area contributed by atoms with Gasteiger partial charge in [-0.05, 0) is 49.5 Å². The highest BCUT2D eigenvalue weighted by molar-refractivity contribution is 6.37. The molecule has 0 bridgehead atoms. The summed E-state index contributed by atoms with van der Waals surface area (Å²) in [5.74, 6) is -1.30. The quantitative estimate of drug-likeness (QED) is 0.523. The average molecular weight is 413 g/mol. The van der Waals surface area contributed by atoms with Crippen LogP contribution in [0.2, 0.25) is 0 Å². The molecule has 0 atom stereocenters. The van der Waals surface area contributed by atoms with Crippen molar-refractivity contribution < 1.29 is 14.7 Å². The van der Waals surface area contributed by atoms with Gasteiger partial charge in [0.1, 0.15) is 0 Å². The minimum Gasteiger partial charge on any atom is -0.478 e. The molecule has 1 aliphatic heterocycles. The van der Waals surface area contributed by atoms with Gasteiger partial charge in [-0.15, -0.1) is 0 Å². The Hall–Kier alpha value is -3.90. The van der Waals surface area contributed by atoms with E-state index in [2.05, 4.69) is 27.7 Å². The first-order chi connectivity index (χ1) is 14.9. The van der Waals surface area contributed by atoms with Crippen LogP contribution in [0.15, 0.2) is 72.8 Å². The Labute approximate surface area is 180 Å². The Morgan fingerprint density at radius 2 is 1.74 bits per heavy atom. The smallest absolute Gasteiger partial charge is 0.335 e. The lowest BCUT2D eigenvalue weighted by molar-refractivity contribution is -0.110. The molecule has 156 valence electrons. The molecule has 0 aliphatic carbocycles. The molecule has 1 heterocycles. The number of carbonyl (C=O) groups excluding carboxylic acids is 1. The van der Waals surface area contributed by atoms with Crippen molar-refractivity contribution in [1.82, 2.24) is 4.90 Å². The molecule has 3 N–H and O–H groups in total. The van der Waals surface area contributed by atoms with E-state index in [9.17, 15) is 14.7 Å². The zero-order valence-corrected chi connectivity index (χ0v) is 17.3. The zero-order chi connectivity index (χ0) is 22.0. The summed E-state index contributed by atoms with van der Waals surface area (Å²) in [4.78, 5) is 26.4. The van der Waals surface area contributed by atoms with E-state index in [1.54, 1.807) is 6.07 Å². The number of carboxylic acid groups (broad SMARTS) is 1. The molecule has 6 nitrogen and oxygen atoms in total. The molecule has 0 unspecified atom stereocenters. The monoisotopic (exact) mass is 413 g/mol. The number of aromatic carboxylic acids is 1. The number of nitrogens with zero attached hydrogens (tertiary/aromatic N) is 1. The SMILES string of the molecule is CN(C)Cc1cccc(NC(=C2C(=O)Nc3cc(C(=O)O)ccc32)c2ccccc2)c1. The Morgan fingerprint density at radius 1 is 0.968 bits per heavy atom. The van der Waals surface area contributed by atoms with Crippen molar-refractivity contribution in [2.24, 2.45) is 0 Å². The maximum absolute atomic E-state index is 13.0. The van der Waals surface area contributed by atoms with Gasteiger partial charge in [0.25, 0.3) is 5.91 Å². The van der Waals surface area contributed by atoms with Gasteiger partial charge in [0.05, 0.1) is 22.5 Å². The number of amides is 1. The number of benzene rings is 3. The molecule has 0 radical (unpaired) electrons. The van der Waals surface area contributed by atoms with Gasteiger partial charge in [-0.3, -0.25) is 4.79 Å². The summed E-state index contributed by atoms with van der Waals surface area (Å²) in [5, 5.41) is 15.5. The summed E-state index contributed by atoms with van der Waals surface area (Å²) < 4.78 is 0. The zero-order valence-electron chi connectivity index (χ0n) is 17.3. The number of carbonyl (C=O) groups is 2. The van der Waals surface area contributed by atoms with E-state index in [-0.39, 0.29) is 11.5 Å². The Kier molecular flexibility index (Phi) is 5.56. The molecule has 4 rings (SSSR count). The van der Waals surface area contributed by atoms with Crippen LogP contribution in [0, 0.1) is 0 Å². The average Bonchev–Trinajstić information content (AvgIpc) is 3.07. The minimum atomic E-state index is -1.03. The Balaban J connectivity index is 1.83. The second-order valence-corrected chi connectivity index (χ2v) is 7.70. The Bertz CT molecular complexity index is 1180. The third-order valence-electron chi connectivity index (χ3n) is 5.02. The standard InChI is InChI=1S/C25H23N3O3/c1-28(2)15-16-7-6-10-19(13-16)26-23(17-8-4-3-5-9-17)22-20-12-11-18(25(30)31)14-21(20)27-24(22)29/h3-14,26H,15H2,1-2H3,(H,27,29)(H,30,31). The van der Waals surface area contributed by atoms with Crippen molar-refractivity contribution in [2.75, 3.05) is 24.7 Å². The van der Waals surface area contributed by atoms with Gasteiger partial charge < -0.3 is 20.6 Å². The van der Waals surface area contributed by atoms with Crippen LogP contribution in [0.1, 0.15) is 27.0 Å². The van der Waals surface area contributed by atoms with Crippen molar-refractivity contribution in [1.29, 1.82) is 0 Å². The van der Waals surface area contributed by atoms with Gasteiger partial charge in [-0.2, -0.15) is 0 Å². The van der Waals surface area contributed by atoms with Crippen LogP contribution in [0.25, 0.3) is 11.3 Å². The lowest BCUT2D eigenvalue weighted by atomic mass is 9.99. The molecule has 1 aliphatic rings. The number of nitrogens with one attached hydrogen (secondary N) is 2. The number of hydrogen-bond donors (Lipinski definition) is 3. The molecule has 0 fully saturated rings. The molecule has 0 saturated heterocycles. The van der Waals surface area contributed by atoms with E-state index >= 15 is 0 Å². The minimum absolute atomic E-state index is 0.130. The summed E-state index contributed by atoms with van der Waals surface area (Å²) in [6.45, 7) is 0.800. The fraction of sp³-hybridized carbons (Fsp3) is 0.120. The number of hydrogen-bond acceptors (Lipinski definition) is 4. The number of carboxylic acids is 1. The molecular weight excluding hydrogens is 390 g/mol. The molecule has 0 saturated carbocycles. The summed E-state index contributed by atoms with van der Waals surface area (Å²) in [6.07, 6.45) is 0. The van der Waals surface area contributed by atoms with Crippen molar-refractivity contribution in [3.63, 3.8) is 0 Å². The van der Waals surface area contributed by atoms with Crippen LogP contribution in [-0.2, 0) is 11.3 Å². The molecular formula is C25H23N3O3. The highest BCUT2D eigenvalue weighted by Gasteiger charge is 2.29. The van der Waals surface area contributed by atoms with Crippen LogP contribution in [0.5, 0.6) is 0 Å². The highest BCUT2D eigenvalue weighted by Crippen LogP contribution is 2.38. The van der Waals surface area contributed by atoms with E-state index < -0.39 is 5.97 Å². The van der Waals surface area contributed by atoms with Gasteiger partial charge in [0.2, 0.25) is 0 Å². The van der Waals surface area contributed by atoms with Gasteiger partial charge in [-0.1, -0.05) is 48.5 Å². The molecule has 3 aromatic rings.